The lowest BCUT2D eigenvalue weighted by atomic mass is 10.2. The van der Waals surface area contributed by atoms with Gasteiger partial charge in [-0.1, -0.05) is 24.6 Å². The molecule has 0 spiro atoms. The summed E-state index contributed by atoms with van der Waals surface area (Å²) in [6.07, 6.45) is 1.81. The highest BCUT2D eigenvalue weighted by Crippen LogP contribution is 2.18. The summed E-state index contributed by atoms with van der Waals surface area (Å²) in [5.74, 6) is 0.754. The maximum atomic E-state index is 5.63. The van der Waals surface area contributed by atoms with Crippen molar-refractivity contribution in [1.82, 2.24) is 15.3 Å². The quantitative estimate of drug-likeness (QED) is 0.894. The number of ether oxygens (including phenoxy) is 1. The van der Waals surface area contributed by atoms with Gasteiger partial charge in [-0.2, -0.15) is 4.98 Å². The average Bonchev–Trinajstić information content (AvgIpc) is 2.41. The standard InChI is InChI=1S/C15H19N3O/c1-4-16-9-13-10-17-15(18-12(13)3)19-14-7-5-11(2)6-8-14/h5-8,10,16H,4,9H2,1-3H3. The Balaban J connectivity index is 2.09. The molecule has 0 amide bonds. The van der Waals surface area contributed by atoms with Crippen LogP contribution in [0.15, 0.2) is 30.5 Å². The zero-order valence-electron chi connectivity index (χ0n) is 11.6. The van der Waals surface area contributed by atoms with Crippen molar-refractivity contribution in [3.8, 4) is 11.8 Å². The van der Waals surface area contributed by atoms with E-state index < -0.39 is 0 Å². The Morgan fingerprint density at radius 1 is 1.16 bits per heavy atom. The first-order chi connectivity index (χ1) is 9.19. The molecule has 0 aliphatic heterocycles. The molecule has 19 heavy (non-hydrogen) atoms. The van der Waals surface area contributed by atoms with Crippen LogP contribution in [-0.4, -0.2) is 16.5 Å². The number of nitrogens with one attached hydrogen (secondary N) is 1. The Kier molecular flexibility index (Phi) is 4.47. The van der Waals surface area contributed by atoms with Crippen LogP contribution in [0, 0.1) is 13.8 Å². The summed E-state index contributed by atoms with van der Waals surface area (Å²) in [5.41, 5.74) is 3.24. The third-order valence-electron chi connectivity index (χ3n) is 2.85. The lowest BCUT2D eigenvalue weighted by molar-refractivity contribution is 0.439. The number of aryl methyl sites for hydroxylation is 2. The Labute approximate surface area is 113 Å². The number of aromatic nitrogens is 2. The molecule has 4 heteroatoms. The monoisotopic (exact) mass is 257 g/mol. The molecule has 2 aromatic rings. The predicted octanol–water partition coefficient (Wildman–Crippen LogP) is 3.00. The number of hydrogen-bond donors (Lipinski definition) is 1. The van der Waals surface area contributed by atoms with Crippen LogP contribution in [0.4, 0.5) is 0 Å². The van der Waals surface area contributed by atoms with E-state index in [1.54, 1.807) is 0 Å². The fourth-order valence-electron chi connectivity index (χ4n) is 1.66. The van der Waals surface area contributed by atoms with Crippen LogP contribution in [0.2, 0.25) is 0 Å². The molecule has 0 aliphatic rings. The molecule has 0 unspecified atom stereocenters. The summed E-state index contributed by atoms with van der Waals surface area (Å²) in [4.78, 5) is 8.61. The molecule has 0 fully saturated rings. The molecule has 100 valence electrons. The largest absolute Gasteiger partial charge is 0.424 e. The van der Waals surface area contributed by atoms with Crippen molar-refractivity contribution in [3.63, 3.8) is 0 Å². The SMILES string of the molecule is CCNCc1cnc(Oc2ccc(C)cc2)nc1C. The molecular formula is C15H19N3O. The van der Waals surface area contributed by atoms with Crippen molar-refractivity contribution in [2.24, 2.45) is 0 Å². The molecule has 0 aliphatic carbocycles. The van der Waals surface area contributed by atoms with Crippen LogP contribution in [0.3, 0.4) is 0 Å². The van der Waals surface area contributed by atoms with Crippen molar-refractivity contribution in [2.75, 3.05) is 6.54 Å². The van der Waals surface area contributed by atoms with Crippen LogP contribution in [0.1, 0.15) is 23.7 Å². The van der Waals surface area contributed by atoms with E-state index in [0.717, 1.165) is 30.1 Å². The topological polar surface area (TPSA) is 47.0 Å². The number of rotatable bonds is 5. The second kappa shape index (κ2) is 6.29. The van der Waals surface area contributed by atoms with Gasteiger partial charge in [-0.15, -0.1) is 0 Å². The molecule has 0 saturated heterocycles. The smallest absolute Gasteiger partial charge is 0.322 e. The summed E-state index contributed by atoms with van der Waals surface area (Å²) in [7, 11) is 0. The fraction of sp³-hybridized carbons (Fsp3) is 0.333. The molecule has 2 rings (SSSR count). The van der Waals surface area contributed by atoms with Crippen molar-refractivity contribution in [2.45, 2.75) is 27.3 Å². The second-order valence-electron chi connectivity index (χ2n) is 4.46. The van der Waals surface area contributed by atoms with Crippen LogP contribution in [0.25, 0.3) is 0 Å². The number of nitrogens with zero attached hydrogens (tertiary/aromatic N) is 2. The van der Waals surface area contributed by atoms with Gasteiger partial charge in [0, 0.05) is 24.0 Å². The molecule has 0 saturated carbocycles. The molecule has 0 bridgehead atoms. The van der Waals surface area contributed by atoms with Crippen LogP contribution >= 0.6 is 0 Å². The Bertz CT molecular complexity index is 538. The van der Waals surface area contributed by atoms with Gasteiger partial charge >= 0.3 is 6.01 Å². The molecular weight excluding hydrogens is 238 g/mol. The van der Waals surface area contributed by atoms with Gasteiger partial charge in [0.1, 0.15) is 5.75 Å². The molecule has 1 heterocycles. The maximum Gasteiger partial charge on any atom is 0.322 e. The molecule has 4 nitrogen and oxygen atoms in total. The number of benzene rings is 1. The first-order valence-corrected chi connectivity index (χ1v) is 6.47. The van der Waals surface area contributed by atoms with Gasteiger partial charge in [-0.25, -0.2) is 4.98 Å². The Morgan fingerprint density at radius 3 is 2.53 bits per heavy atom. The minimum absolute atomic E-state index is 0.390. The van der Waals surface area contributed by atoms with Gasteiger partial charge in [0.15, 0.2) is 0 Å². The van der Waals surface area contributed by atoms with E-state index in [0.29, 0.717) is 6.01 Å². The summed E-state index contributed by atoms with van der Waals surface area (Å²) in [6, 6.07) is 8.23. The van der Waals surface area contributed by atoms with Gasteiger partial charge in [0.25, 0.3) is 0 Å². The highest BCUT2D eigenvalue weighted by atomic mass is 16.5. The molecule has 0 atom stereocenters. The second-order valence-corrected chi connectivity index (χ2v) is 4.46. The third kappa shape index (κ3) is 3.76. The molecule has 1 N–H and O–H groups in total. The predicted molar refractivity (Wildman–Crippen MR) is 75.4 cm³/mol. The summed E-state index contributed by atoms with van der Waals surface area (Å²) in [5, 5.41) is 3.26. The van der Waals surface area contributed by atoms with Gasteiger partial charge in [-0.3, -0.25) is 0 Å². The zero-order valence-corrected chi connectivity index (χ0v) is 11.6. The van der Waals surface area contributed by atoms with E-state index in [1.807, 2.05) is 44.3 Å². The summed E-state index contributed by atoms with van der Waals surface area (Å²) < 4.78 is 5.63. The molecule has 1 aromatic carbocycles. The van der Waals surface area contributed by atoms with Gasteiger partial charge in [0.2, 0.25) is 0 Å². The van der Waals surface area contributed by atoms with E-state index in [9.17, 15) is 0 Å². The van der Waals surface area contributed by atoms with Crippen molar-refractivity contribution in [3.05, 3.63) is 47.3 Å². The van der Waals surface area contributed by atoms with Crippen LogP contribution < -0.4 is 10.1 Å². The molecule has 0 radical (unpaired) electrons. The average molecular weight is 257 g/mol. The maximum absolute atomic E-state index is 5.63. The first-order valence-electron chi connectivity index (χ1n) is 6.47. The zero-order chi connectivity index (χ0) is 13.7. The van der Waals surface area contributed by atoms with Crippen molar-refractivity contribution < 1.29 is 4.74 Å². The highest BCUT2D eigenvalue weighted by Gasteiger charge is 2.05. The normalized spacial score (nSPS) is 10.5. The van der Waals surface area contributed by atoms with E-state index in [1.165, 1.54) is 5.56 Å². The lowest BCUT2D eigenvalue weighted by Crippen LogP contribution is -2.13. The van der Waals surface area contributed by atoms with E-state index in [-0.39, 0.29) is 0 Å². The Morgan fingerprint density at radius 2 is 1.89 bits per heavy atom. The summed E-state index contributed by atoms with van der Waals surface area (Å²) >= 11 is 0. The molecule has 1 aromatic heterocycles. The van der Waals surface area contributed by atoms with Crippen molar-refractivity contribution >= 4 is 0 Å². The lowest BCUT2D eigenvalue weighted by Gasteiger charge is -2.08. The minimum atomic E-state index is 0.390. The third-order valence-corrected chi connectivity index (χ3v) is 2.85. The van der Waals surface area contributed by atoms with E-state index >= 15 is 0 Å². The van der Waals surface area contributed by atoms with Crippen molar-refractivity contribution in [1.29, 1.82) is 0 Å². The minimum Gasteiger partial charge on any atom is -0.424 e. The highest BCUT2D eigenvalue weighted by molar-refractivity contribution is 5.29. The van der Waals surface area contributed by atoms with Crippen LogP contribution in [0.5, 0.6) is 11.8 Å². The summed E-state index contributed by atoms with van der Waals surface area (Å²) in [6.45, 7) is 7.80. The number of hydrogen-bond acceptors (Lipinski definition) is 4. The van der Waals surface area contributed by atoms with E-state index in [2.05, 4.69) is 22.2 Å². The Hall–Kier alpha value is -1.94. The van der Waals surface area contributed by atoms with Crippen LogP contribution in [-0.2, 0) is 6.54 Å². The fourth-order valence-corrected chi connectivity index (χ4v) is 1.66. The first kappa shape index (κ1) is 13.5. The van der Waals surface area contributed by atoms with Gasteiger partial charge in [-0.05, 0) is 32.5 Å². The van der Waals surface area contributed by atoms with E-state index in [4.69, 9.17) is 4.74 Å². The van der Waals surface area contributed by atoms with Gasteiger partial charge in [0.05, 0.1) is 0 Å². The van der Waals surface area contributed by atoms with Gasteiger partial charge < -0.3 is 10.1 Å².